The number of benzene rings is 1. The van der Waals surface area contributed by atoms with Crippen LogP contribution in [0.15, 0.2) is 42.7 Å². The van der Waals surface area contributed by atoms with Crippen LogP contribution in [-0.2, 0) is 6.42 Å². The van der Waals surface area contributed by atoms with Crippen molar-refractivity contribution in [2.75, 3.05) is 0 Å². The van der Waals surface area contributed by atoms with Crippen molar-refractivity contribution < 1.29 is 9.53 Å². The molecule has 0 unspecified atom stereocenters. The third-order valence-electron chi connectivity index (χ3n) is 4.62. The predicted molar refractivity (Wildman–Crippen MR) is 112 cm³/mol. The van der Waals surface area contributed by atoms with Gasteiger partial charge in [0.15, 0.2) is 5.75 Å². The van der Waals surface area contributed by atoms with Gasteiger partial charge in [-0.1, -0.05) is 51.2 Å². The SMILES string of the molecule is CCCCCCCCc1ccc(Oc2cncc3sc(C(N)=O)cc23)cc1. The molecule has 0 aliphatic heterocycles. The molecule has 27 heavy (non-hydrogen) atoms. The van der Waals surface area contributed by atoms with Gasteiger partial charge in [-0.05, 0) is 36.6 Å². The number of carbonyl (C=O) groups excluding carboxylic acids is 1. The largest absolute Gasteiger partial charge is 0.455 e. The molecule has 0 aliphatic carbocycles. The van der Waals surface area contributed by atoms with Gasteiger partial charge in [-0.15, -0.1) is 11.3 Å². The molecule has 1 aromatic carbocycles. The zero-order valence-corrected chi connectivity index (χ0v) is 16.6. The van der Waals surface area contributed by atoms with Gasteiger partial charge in [-0.3, -0.25) is 9.78 Å². The summed E-state index contributed by atoms with van der Waals surface area (Å²) in [7, 11) is 0. The quantitative estimate of drug-likeness (QED) is 0.431. The Labute approximate surface area is 164 Å². The minimum Gasteiger partial charge on any atom is -0.455 e. The number of carbonyl (C=O) groups is 1. The van der Waals surface area contributed by atoms with Gasteiger partial charge in [0, 0.05) is 11.6 Å². The molecule has 4 nitrogen and oxygen atoms in total. The maximum Gasteiger partial charge on any atom is 0.258 e. The third-order valence-corrected chi connectivity index (χ3v) is 5.71. The number of nitrogens with two attached hydrogens (primary N) is 1. The van der Waals surface area contributed by atoms with Gasteiger partial charge in [-0.2, -0.15) is 0 Å². The number of aromatic nitrogens is 1. The van der Waals surface area contributed by atoms with E-state index in [9.17, 15) is 4.79 Å². The van der Waals surface area contributed by atoms with E-state index in [-0.39, 0.29) is 0 Å². The molecular formula is C22H26N2O2S. The van der Waals surface area contributed by atoms with Crippen LogP contribution in [0.1, 0.15) is 60.7 Å². The van der Waals surface area contributed by atoms with Crippen molar-refractivity contribution >= 4 is 27.3 Å². The molecule has 3 aromatic rings. The number of ether oxygens (including phenoxy) is 1. The van der Waals surface area contributed by atoms with E-state index in [0.717, 1.165) is 22.3 Å². The summed E-state index contributed by atoms with van der Waals surface area (Å²) in [5, 5.41) is 0.861. The van der Waals surface area contributed by atoms with Crippen LogP contribution in [0.4, 0.5) is 0 Å². The van der Waals surface area contributed by atoms with E-state index in [1.54, 1.807) is 18.5 Å². The van der Waals surface area contributed by atoms with Crippen LogP contribution in [0.25, 0.3) is 10.1 Å². The number of thiophene rings is 1. The average molecular weight is 383 g/mol. The summed E-state index contributed by atoms with van der Waals surface area (Å²) < 4.78 is 6.89. The third kappa shape index (κ3) is 5.30. The van der Waals surface area contributed by atoms with Crippen molar-refractivity contribution in [2.45, 2.75) is 51.9 Å². The Morgan fingerprint density at radius 3 is 2.56 bits per heavy atom. The Morgan fingerprint density at radius 1 is 1.07 bits per heavy atom. The molecule has 0 saturated heterocycles. The van der Waals surface area contributed by atoms with E-state index in [1.165, 1.54) is 55.4 Å². The van der Waals surface area contributed by atoms with Gasteiger partial charge in [-0.25, -0.2) is 0 Å². The van der Waals surface area contributed by atoms with E-state index in [2.05, 4.69) is 24.0 Å². The minimum absolute atomic E-state index is 0.429. The fourth-order valence-electron chi connectivity index (χ4n) is 3.10. The fourth-order valence-corrected chi connectivity index (χ4v) is 4.00. The Bertz CT molecular complexity index is 887. The first-order valence-electron chi connectivity index (χ1n) is 9.61. The molecule has 2 heterocycles. The second-order valence-corrected chi connectivity index (χ2v) is 7.87. The molecule has 0 saturated carbocycles. The number of fused-ring (bicyclic) bond motifs is 1. The maximum atomic E-state index is 11.4. The molecule has 0 aliphatic rings. The molecule has 142 valence electrons. The van der Waals surface area contributed by atoms with Crippen LogP contribution < -0.4 is 10.5 Å². The molecule has 0 bridgehead atoms. The van der Waals surface area contributed by atoms with Crippen molar-refractivity contribution in [1.29, 1.82) is 0 Å². The Hall–Kier alpha value is -2.40. The molecule has 0 atom stereocenters. The van der Waals surface area contributed by atoms with E-state index in [4.69, 9.17) is 10.5 Å². The average Bonchev–Trinajstić information content (AvgIpc) is 3.12. The van der Waals surface area contributed by atoms with Crippen molar-refractivity contribution in [2.24, 2.45) is 5.73 Å². The molecule has 3 rings (SSSR count). The lowest BCUT2D eigenvalue weighted by Crippen LogP contribution is -2.08. The first-order chi connectivity index (χ1) is 13.2. The normalized spacial score (nSPS) is 11.0. The van der Waals surface area contributed by atoms with Crippen LogP contribution in [0.2, 0.25) is 0 Å². The summed E-state index contributed by atoms with van der Waals surface area (Å²) in [6, 6.07) is 10.0. The zero-order chi connectivity index (χ0) is 19.1. The number of rotatable bonds is 10. The maximum absolute atomic E-state index is 11.4. The highest BCUT2D eigenvalue weighted by atomic mass is 32.1. The number of hydrogen-bond acceptors (Lipinski definition) is 4. The van der Waals surface area contributed by atoms with E-state index in [1.807, 2.05) is 12.1 Å². The standard InChI is InChI=1S/C22H26N2O2S/c1-2-3-4-5-6-7-8-16-9-11-17(12-10-16)26-19-14-24-15-21-18(19)13-20(27-21)22(23)25/h9-15H,2-8H2,1H3,(H2,23,25). The number of unbranched alkanes of at least 4 members (excludes halogenated alkanes) is 5. The van der Waals surface area contributed by atoms with Gasteiger partial charge < -0.3 is 10.5 Å². The Kier molecular flexibility index (Phi) is 6.82. The predicted octanol–water partition coefficient (Wildman–Crippen LogP) is 6.09. The van der Waals surface area contributed by atoms with Gasteiger partial charge in [0.05, 0.1) is 15.8 Å². The highest BCUT2D eigenvalue weighted by Crippen LogP contribution is 2.34. The number of aryl methyl sites for hydroxylation is 1. The summed E-state index contributed by atoms with van der Waals surface area (Å²) in [6.07, 6.45) is 12.4. The molecule has 0 spiro atoms. The van der Waals surface area contributed by atoms with Gasteiger partial charge in [0.2, 0.25) is 0 Å². The Balaban J connectivity index is 1.60. The molecule has 1 amide bonds. The van der Waals surface area contributed by atoms with Crippen molar-refractivity contribution in [3.8, 4) is 11.5 Å². The zero-order valence-electron chi connectivity index (χ0n) is 15.7. The highest BCUT2D eigenvalue weighted by Gasteiger charge is 2.11. The number of primary amides is 1. The van der Waals surface area contributed by atoms with E-state index < -0.39 is 5.91 Å². The van der Waals surface area contributed by atoms with Crippen LogP contribution in [-0.4, -0.2) is 10.9 Å². The van der Waals surface area contributed by atoms with Crippen LogP contribution in [0, 0.1) is 0 Å². The molecule has 2 N–H and O–H groups in total. The van der Waals surface area contributed by atoms with Gasteiger partial charge in [0.25, 0.3) is 5.91 Å². The van der Waals surface area contributed by atoms with Crippen molar-refractivity contribution in [3.63, 3.8) is 0 Å². The van der Waals surface area contributed by atoms with Gasteiger partial charge >= 0.3 is 0 Å². The smallest absolute Gasteiger partial charge is 0.258 e. The van der Waals surface area contributed by atoms with Gasteiger partial charge in [0.1, 0.15) is 5.75 Å². The molecule has 2 aromatic heterocycles. The van der Waals surface area contributed by atoms with Crippen LogP contribution >= 0.6 is 11.3 Å². The number of hydrogen-bond donors (Lipinski definition) is 1. The monoisotopic (exact) mass is 382 g/mol. The first-order valence-corrected chi connectivity index (χ1v) is 10.4. The lowest BCUT2D eigenvalue weighted by atomic mass is 10.0. The molecule has 0 radical (unpaired) electrons. The van der Waals surface area contributed by atoms with Crippen molar-refractivity contribution in [3.05, 3.63) is 53.2 Å². The van der Waals surface area contributed by atoms with E-state index >= 15 is 0 Å². The number of pyridine rings is 1. The summed E-state index contributed by atoms with van der Waals surface area (Å²) in [5.41, 5.74) is 6.71. The second-order valence-electron chi connectivity index (χ2n) is 6.79. The fraction of sp³-hybridized carbons (Fsp3) is 0.364. The molecule has 0 fully saturated rings. The lowest BCUT2D eigenvalue weighted by molar-refractivity contribution is 0.100. The highest BCUT2D eigenvalue weighted by molar-refractivity contribution is 7.20. The number of amides is 1. The molecule has 5 heteroatoms. The summed E-state index contributed by atoms with van der Waals surface area (Å²) in [4.78, 5) is 16.1. The number of nitrogens with zero attached hydrogens (tertiary/aromatic N) is 1. The molecular weight excluding hydrogens is 356 g/mol. The van der Waals surface area contributed by atoms with Crippen LogP contribution in [0.5, 0.6) is 11.5 Å². The van der Waals surface area contributed by atoms with E-state index in [0.29, 0.717) is 10.6 Å². The second kappa shape index (κ2) is 9.51. The summed E-state index contributed by atoms with van der Waals surface area (Å²) in [6.45, 7) is 2.25. The van der Waals surface area contributed by atoms with Crippen molar-refractivity contribution in [1.82, 2.24) is 4.98 Å². The minimum atomic E-state index is -0.429. The lowest BCUT2D eigenvalue weighted by Gasteiger charge is -2.08. The van der Waals surface area contributed by atoms with Crippen LogP contribution in [0.3, 0.4) is 0 Å². The summed E-state index contributed by atoms with van der Waals surface area (Å²) in [5.74, 6) is 0.976. The Morgan fingerprint density at radius 2 is 1.81 bits per heavy atom. The topological polar surface area (TPSA) is 65.2 Å². The summed E-state index contributed by atoms with van der Waals surface area (Å²) >= 11 is 1.33. The first kappa shape index (κ1) is 19.4.